The molecule has 0 saturated heterocycles. The molecule has 0 aromatic carbocycles. The summed E-state index contributed by atoms with van der Waals surface area (Å²) in [6.07, 6.45) is 2.15. The Labute approximate surface area is 92.4 Å². The van der Waals surface area contributed by atoms with E-state index in [1.54, 1.807) is 7.11 Å². The minimum atomic E-state index is 0.492. The molecule has 0 fully saturated rings. The van der Waals surface area contributed by atoms with Crippen LogP contribution < -0.4 is 0 Å². The standard InChI is InChI=1S/C12H22N2O/c1-9(2)11-8-14(6-7-15-5)13-12(11)10(3)4/h8-10H,6-7H2,1-5H3. The van der Waals surface area contributed by atoms with Crippen molar-refractivity contribution in [3.05, 3.63) is 17.5 Å². The van der Waals surface area contributed by atoms with E-state index < -0.39 is 0 Å². The largest absolute Gasteiger partial charge is 0.383 e. The minimum absolute atomic E-state index is 0.492. The summed E-state index contributed by atoms with van der Waals surface area (Å²) in [7, 11) is 1.72. The van der Waals surface area contributed by atoms with E-state index in [-0.39, 0.29) is 0 Å². The van der Waals surface area contributed by atoms with E-state index in [0.717, 1.165) is 13.2 Å². The Morgan fingerprint density at radius 3 is 2.33 bits per heavy atom. The molecule has 1 aromatic rings. The summed E-state index contributed by atoms with van der Waals surface area (Å²) in [5.41, 5.74) is 2.59. The minimum Gasteiger partial charge on any atom is -0.383 e. The van der Waals surface area contributed by atoms with Gasteiger partial charge in [0.25, 0.3) is 0 Å². The van der Waals surface area contributed by atoms with Crippen molar-refractivity contribution in [2.45, 2.75) is 46.1 Å². The van der Waals surface area contributed by atoms with Gasteiger partial charge < -0.3 is 4.74 Å². The Balaban J connectivity index is 2.88. The molecule has 0 unspecified atom stereocenters. The highest BCUT2D eigenvalue weighted by Crippen LogP contribution is 2.24. The number of methoxy groups -OCH3 is 1. The highest BCUT2D eigenvalue weighted by molar-refractivity contribution is 5.23. The van der Waals surface area contributed by atoms with Crippen molar-refractivity contribution in [3.8, 4) is 0 Å². The first kappa shape index (κ1) is 12.2. The lowest BCUT2D eigenvalue weighted by atomic mass is 9.98. The van der Waals surface area contributed by atoms with Crippen molar-refractivity contribution < 1.29 is 4.74 Å². The van der Waals surface area contributed by atoms with Gasteiger partial charge in [0.15, 0.2) is 0 Å². The smallest absolute Gasteiger partial charge is 0.0684 e. The molecule has 0 aliphatic rings. The molecule has 0 aliphatic heterocycles. The van der Waals surface area contributed by atoms with E-state index in [1.807, 2.05) is 4.68 Å². The second-order valence-electron chi connectivity index (χ2n) is 4.53. The highest BCUT2D eigenvalue weighted by Gasteiger charge is 2.14. The Bertz CT molecular complexity index is 277. The average Bonchev–Trinajstić information content (AvgIpc) is 2.58. The van der Waals surface area contributed by atoms with Gasteiger partial charge in [-0.3, -0.25) is 4.68 Å². The van der Waals surface area contributed by atoms with E-state index in [4.69, 9.17) is 4.74 Å². The van der Waals surface area contributed by atoms with Gasteiger partial charge in [0.2, 0.25) is 0 Å². The van der Waals surface area contributed by atoms with Crippen molar-refractivity contribution in [2.24, 2.45) is 0 Å². The lowest BCUT2D eigenvalue weighted by Gasteiger charge is -2.06. The third-order valence-corrected chi connectivity index (χ3v) is 2.51. The third-order valence-electron chi connectivity index (χ3n) is 2.51. The molecule has 3 nitrogen and oxygen atoms in total. The highest BCUT2D eigenvalue weighted by atomic mass is 16.5. The van der Waals surface area contributed by atoms with E-state index in [0.29, 0.717) is 11.8 Å². The average molecular weight is 210 g/mol. The maximum absolute atomic E-state index is 5.06. The number of aromatic nitrogens is 2. The second kappa shape index (κ2) is 5.31. The summed E-state index contributed by atoms with van der Waals surface area (Å²) in [6, 6.07) is 0. The maximum atomic E-state index is 5.06. The number of hydrogen-bond donors (Lipinski definition) is 0. The molecule has 0 radical (unpaired) electrons. The second-order valence-corrected chi connectivity index (χ2v) is 4.53. The third kappa shape index (κ3) is 3.06. The van der Waals surface area contributed by atoms with Crippen LogP contribution in [0, 0.1) is 0 Å². The molecule has 15 heavy (non-hydrogen) atoms. The zero-order chi connectivity index (χ0) is 11.4. The first-order valence-electron chi connectivity index (χ1n) is 5.62. The Morgan fingerprint density at radius 2 is 1.93 bits per heavy atom. The molecule has 0 aliphatic carbocycles. The van der Waals surface area contributed by atoms with Crippen molar-refractivity contribution >= 4 is 0 Å². The summed E-state index contributed by atoms with van der Waals surface area (Å²) in [4.78, 5) is 0. The molecule has 1 rings (SSSR count). The van der Waals surface area contributed by atoms with Crippen molar-refractivity contribution in [1.82, 2.24) is 9.78 Å². The Kier molecular flexibility index (Phi) is 4.33. The van der Waals surface area contributed by atoms with Gasteiger partial charge in [0, 0.05) is 13.3 Å². The summed E-state index contributed by atoms with van der Waals surface area (Å²) in [6.45, 7) is 10.4. The van der Waals surface area contributed by atoms with Crippen LogP contribution in [0.2, 0.25) is 0 Å². The SMILES string of the molecule is COCCn1cc(C(C)C)c(C(C)C)n1. The van der Waals surface area contributed by atoms with Gasteiger partial charge in [-0.2, -0.15) is 5.10 Å². The van der Waals surface area contributed by atoms with E-state index in [1.165, 1.54) is 11.3 Å². The molecule has 0 bridgehead atoms. The van der Waals surface area contributed by atoms with Crippen LogP contribution in [0.5, 0.6) is 0 Å². The van der Waals surface area contributed by atoms with Crippen LogP contribution in [0.4, 0.5) is 0 Å². The van der Waals surface area contributed by atoms with Crippen LogP contribution in [-0.4, -0.2) is 23.5 Å². The predicted molar refractivity (Wildman–Crippen MR) is 62.3 cm³/mol. The fourth-order valence-electron chi connectivity index (χ4n) is 1.64. The van der Waals surface area contributed by atoms with Gasteiger partial charge in [0.05, 0.1) is 18.8 Å². The van der Waals surface area contributed by atoms with Crippen molar-refractivity contribution in [2.75, 3.05) is 13.7 Å². The maximum Gasteiger partial charge on any atom is 0.0684 e. The first-order valence-corrected chi connectivity index (χ1v) is 5.62. The van der Waals surface area contributed by atoms with Gasteiger partial charge in [-0.25, -0.2) is 0 Å². The quantitative estimate of drug-likeness (QED) is 0.747. The monoisotopic (exact) mass is 210 g/mol. The molecule has 0 N–H and O–H groups in total. The molecular weight excluding hydrogens is 188 g/mol. The summed E-state index contributed by atoms with van der Waals surface area (Å²) in [5, 5.41) is 4.61. The summed E-state index contributed by atoms with van der Waals surface area (Å²) in [5.74, 6) is 1.03. The van der Waals surface area contributed by atoms with Crippen molar-refractivity contribution in [1.29, 1.82) is 0 Å². The molecule has 0 saturated carbocycles. The van der Waals surface area contributed by atoms with E-state index in [9.17, 15) is 0 Å². The Morgan fingerprint density at radius 1 is 1.27 bits per heavy atom. The van der Waals surface area contributed by atoms with Gasteiger partial charge in [-0.1, -0.05) is 27.7 Å². The molecule has 0 amide bonds. The lowest BCUT2D eigenvalue weighted by Crippen LogP contribution is -2.05. The molecule has 0 spiro atoms. The van der Waals surface area contributed by atoms with Crippen LogP contribution in [0.1, 0.15) is 50.8 Å². The van der Waals surface area contributed by atoms with Gasteiger partial charge in [-0.05, 0) is 17.4 Å². The van der Waals surface area contributed by atoms with Crippen LogP contribution in [0.15, 0.2) is 6.20 Å². The number of ether oxygens (including phenoxy) is 1. The van der Waals surface area contributed by atoms with Crippen LogP contribution >= 0.6 is 0 Å². The van der Waals surface area contributed by atoms with Crippen LogP contribution in [0.3, 0.4) is 0 Å². The molecule has 1 aromatic heterocycles. The molecule has 0 atom stereocenters. The fourth-order valence-corrected chi connectivity index (χ4v) is 1.64. The zero-order valence-corrected chi connectivity index (χ0v) is 10.4. The molecule has 3 heteroatoms. The first-order chi connectivity index (χ1) is 7.06. The number of rotatable bonds is 5. The zero-order valence-electron chi connectivity index (χ0n) is 10.4. The molecule has 1 heterocycles. The van der Waals surface area contributed by atoms with Gasteiger partial charge >= 0.3 is 0 Å². The number of hydrogen-bond acceptors (Lipinski definition) is 2. The van der Waals surface area contributed by atoms with Gasteiger partial charge in [0.1, 0.15) is 0 Å². The molecule has 86 valence electrons. The number of nitrogens with zero attached hydrogens (tertiary/aromatic N) is 2. The Hall–Kier alpha value is -0.830. The predicted octanol–water partition coefficient (Wildman–Crippen LogP) is 2.78. The summed E-state index contributed by atoms with van der Waals surface area (Å²) < 4.78 is 7.05. The van der Waals surface area contributed by atoms with Crippen molar-refractivity contribution in [3.63, 3.8) is 0 Å². The normalized spacial score (nSPS) is 11.7. The molecular formula is C12H22N2O. The summed E-state index contributed by atoms with van der Waals surface area (Å²) >= 11 is 0. The lowest BCUT2D eigenvalue weighted by molar-refractivity contribution is 0.183. The van der Waals surface area contributed by atoms with Gasteiger partial charge in [-0.15, -0.1) is 0 Å². The van der Waals surface area contributed by atoms with E-state index in [2.05, 4.69) is 39.0 Å². The van der Waals surface area contributed by atoms with Crippen LogP contribution in [-0.2, 0) is 11.3 Å². The van der Waals surface area contributed by atoms with E-state index >= 15 is 0 Å². The topological polar surface area (TPSA) is 27.1 Å². The fraction of sp³-hybridized carbons (Fsp3) is 0.750. The van der Waals surface area contributed by atoms with Crippen LogP contribution in [0.25, 0.3) is 0 Å².